The normalized spacial score (nSPS) is 17.3. The minimum Gasteiger partial charge on any atom is -0.494 e. The van der Waals surface area contributed by atoms with E-state index in [0.29, 0.717) is 47.9 Å². The third kappa shape index (κ3) is 7.92. The van der Waals surface area contributed by atoms with Gasteiger partial charge in [-0.25, -0.2) is 8.51 Å². The summed E-state index contributed by atoms with van der Waals surface area (Å²) in [6.45, 7) is 12.9. The van der Waals surface area contributed by atoms with Crippen LogP contribution in [0.5, 0.6) is 5.75 Å². The van der Waals surface area contributed by atoms with Gasteiger partial charge in [-0.05, 0) is 96.8 Å². The van der Waals surface area contributed by atoms with Crippen molar-refractivity contribution in [3.8, 4) is 5.75 Å². The number of rotatable bonds is 10. The Morgan fingerprint density at radius 3 is 2.53 bits per heavy atom. The Morgan fingerprint density at radius 2 is 1.88 bits per heavy atom. The molecule has 1 amide bonds. The number of nitrogens with one attached hydrogen (secondary N) is 2. The second-order valence-electron chi connectivity index (χ2n) is 13.8. The lowest BCUT2D eigenvalue weighted by atomic mass is 9.69. The summed E-state index contributed by atoms with van der Waals surface area (Å²) in [5, 5.41) is 6.32. The second-order valence-corrected chi connectivity index (χ2v) is 15.3. The summed E-state index contributed by atoms with van der Waals surface area (Å²) in [5.74, 6) is -0.188. The molecule has 272 valence electrons. The van der Waals surface area contributed by atoms with Crippen molar-refractivity contribution in [1.82, 2.24) is 9.29 Å². The molecule has 0 fully saturated rings. The molecular formula is C39H46F3N5O3S. The lowest BCUT2D eigenvalue weighted by Gasteiger charge is -2.36. The minimum absolute atomic E-state index is 0.0478. The molecule has 1 aliphatic rings. The average molecular weight is 722 g/mol. The second kappa shape index (κ2) is 15.1. The maximum Gasteiger partial charge on any atom is 0.416 e. The zero-order valence-electron chi connectivity index (χ0n) is 30.1. The van der Waals surface area contributed by atoms with Crippen LogP contribution in [0, 0.1) is 25.2 Å². The zero-order chi connectivity index (χ0) is 37.2. The Morgan fingerprint density at radius 1 is 1.14 bits per heavy atom. The van der Waals surface area contributed by atoms with Gasteiger partial charge in [-0.2, -0.15) is 13.2 Å². The van der Waals surface area contributed by atoms with Gasteiger partial charge in [-0.3, -0.25) is 9.78 Å². The van der Waals surface area contributed by atoms with Crippen molar-refractivity contribution in [2.45, 2.75) is 71.5 Å². The van der Waals surface area contributed by atoms with Gasteiger partial charge < -0.3 is 21.1 Å². The summed E-state index contributed by atoms with van der Waals surface area (Å²) in [5.41, 5.74) is 11.4. The Balaban J connectivity index is 1.62. The van der Waals surface area contributed by atoms with Gasteiger partial charge in [0.1, 0.15) is 22.4 Å². The molecule has 0 spiro atoms. The van der Waals surface area contributed by atoms with E-state index in [1.165, 1.54) is 6.07 Å². The standard InChI is InChI=1S/C39H46F3N5O3S/c1-8-45-36-32(50-7)19-31(25(4)35(36)43)34(38(5,6)37(48)46-30-10-9-15-44-20-30)27-12-11-24(3)28(17-27)22-47-21-23(2)16-26-13-14-29(39(40,41)42)18-33(26)51(47)49/h9-15,17-20,23,34,45H,8,16,21-22,43H2,1-7H3,(H,46,48)/t23-,34?,51?/m0/s1. The number of halogens is 3. The van der Waals surface area contributed by atoms with Crippen molar-refractivity contribution in [2.24, 2.45) is 11.3 Å². The van der Waals surface area contributed by atoms with Gasteiger partial charge in [0.15, 0.2) is 0 Å². The number of anilines is 3. The number of carbonyl (C=O) groups excluding carboxylic acids is 1. The summed E-state index contributed by atoms with van der Waals surface area (Å²) < 4.78 is 62.7. The first-order valence-corrected chi connectivity index (χ1v) is 18.1. The molecular weight excluding hydrogens is 676 g/mol. The van der Waals surface area contributed by atoms with Crippen LogP contribution < -0.4 is 21.1 Å². The number of methoxy groups -OCH3 is 1. The fourth-order valence-electron chi connectivity index (χ4n) is 6.87. The fourth-order valence-corrected chi connectivity index (χ4v) is 8.40. The van der Waals surface area contributed by atoms with Gasteiger partial charge in [0.25, 0.3) is 0 Å². The number of aromatic nitrogens is 1. The third-order valence-electron chi connectivity index (χ3n) is 9.70. The van der Waals surface area contributed by atoms with Crippen LogP contribution in [0.4, 0.5) is 30.2 Å². The van der Waals surface area contributed by atoms with Gasteiger partial charge in [-0.1, -0.05) is 45.0 Å². The van der Waals surface area contributed by atoms with Gasteiger partial charge in [-0.15, -0.1) is 0 Å². The van der Waals surface area contributed by atoms with Gasteiger partial charge >= 0.3 is 6.18 Å². The predicted octanol–water partition coefficient (Wildman–Crippen LogP) is 8.25. The number of alkyl halides is 3. The van der Waals surface area contributed by atoms with E-state index in [9.17, 15) is 22.2 Å². The van der Waals surface area contributed by atoms with E-state index < -0.39 is 34.1 Å². The number of fused-ring (bicyclic) bond motifs is 1. The molecule has 0 saturated heterocycles. The molecule has 2 unspecified atom stereocenters. The molecule has 51 heavy (non-hydrogen) atoms. The topological polar surface area (TPSA) is 110 Å². The predicted molar refractivity (Wildman–Crippen MR) is 197 cm³/mol. The van der Waals surface area contributed by atoms with Crippen LogP contribution in [0.1, 0.15) is 72.6 Å². The highest BCUT2D eigenvalue weighted by molar-refractivity contribution is 7.82. The summed E-state index contributed by atoms with van der Waals surface area (Å²) in [6.07, 6.45) is -0.814. The zero-order valence-corrected chi connectivity index (χ0v) is 30.9. The van der Waals surface area contributed by atoms with Crippen LogP contribution in [0.3, 0.4) is 0 Å². The summed E-state index contributed by atoms with van der Waals surface area (Å²) in [6, 6.07) is 14.9. The molecule has 3 atom stereocenters. The van der Waals surface area contributed by atoms with Crippen LogP contribution in [0.25, 0.3) is 0 Å². The number of nitrogens with two attached hydrogens (primary N) is 1. The molecule has 0 bridgehead atoms. The first kappa shape index (κ1) is 37.8. The SMILES string of the molecule is CCNc1c(OC)cc(C(c2ccc(C)c(CN3C[C@@H](C)Cc4ccc(C(F)(F)F)cc4S3=O)c2)C(C)(C)C(=O)Nc2cccnc2)c(C)c1N. The van der Waals surface area contributed by atoms with E-state index in [-0.39, 0.29) is 23.3 Å². The maximum atomic E-state index is 14.2. The van der Waals surface area contributed by atoms with Crippen LogP contribution in [0.2, 0.25) is 0 Å². The maximum absolute atomic E-state index is 14.2. The first-order valence-electron chi connectivity index (χ1n) is 16.9. The molecule has 3 aromatic carbocycles. The number of carbonyl (C=O) groups is 1. The van der Waals surface area contributed by atoms with E-state index in [2.05, 4.69) is 15.6 Å². The number of nitrogen functional groups attached to an aromatic ring is 1. The van der Waals surface area contributed by atoms with Crippen LogP contribution in [-0.4, -0.2) is 39.6 Å². The van der Waals surface area contributed by atoms with Crippen LogP contribution >= 0.6 is 0 Å². The van der Waals surface area contributed by atoms with E-state index in [1.807, 2.05) is 65.8 Å². The van der Waals surface area contributed by atoms with Gasteiger partial charge in [0.05, 0.1) is 40.6 Å². The lowest BCUT2D eigenvalue weighted by Crippen LogP contribution is -2.37. The fraction of sp³-hybridized carbons (Fsp3) is 0.385. The molecule has 1 aliphatic heterocycles. The van der Waals surface area contributed by atoms with E-state index in [1.54, 1.807) is 35.9 Å². The Labute approximate surface area is 300 Å². The van der Waals surface area contributed by atoms with Crippen molar-refractivity contribution >= 4 is 34.0 Å². The third-order valence-corrected chi connectivity index (χ3v) is 11.2. The van der Waals surface area contributed by atoms with Crippen molar-refractivity contribution in [3.63, 3.8) is 0 Å². The molecule has 5 rings (SSSR count). The van der Waals surface area contributed by atoms with Crippen molar-refractivity contribution in [3.05, 3.63) is 106 Å². The summed E-state index contributed by atoms with van der Waals surface area (Å²) >= 11 is 0. The molecule has 0 saturated carbocycles. The number of benzene rings is 3. The van der Waals surface area contributed by atoms with Crippen molar-refractivity contribution < 1.29 is 26.9 Å². The van der Waals surface area contributed by atoms with Crippen LogP contribution in [0.15, 0.2) is 71.9 Å². The number of amides is 1. The molecule has 1 aromatic heterocycles. The highest BCUT2D eigenvalue weighted by atomic mass is 32.2. The number of ether oxygens (including phenoxy) is 1. The molecule has 4 aromatic rings. The Hall–Kier alpha value is -4.42. The molecule has 12 heteroatoms. The number of pyridine rings is 1. The molecule has 8 nitrogen and oxygen atoms in total. The number of nitrogens with zero attached hydrogens (tertiary/aromatic N) is 2. The van der Waals surface area contributed by atoms with E-state index in [0.717, 1.165) is 39.9 Å². The number of hydrogen-bond acceptors (Lipinski definition) is 6. The minimum atomic E-state index is -4.55. The lowest BCUT2D eigenvalue weighted by molar-refractivity contribution is -0.137. The Kier molecular flexibility index (Phi) is 11.2. The van der Waals surface area contributed by atoms with Crippen LogP contribution in [-0.2, 0) is 34.9 Å². The molecule has 2 heterocycles. The Bertz CT molecular complexity index is 1930. The van der Waals surface area contributed by atoms with Gasteiger partial charge in [0.2, 0.25) is 5.91 Å². The van der Waals surface area contributed by atoms with E-state index in [4.69, 9.17) is 10.5 Å². The van der Waals surface area contributed by atoms with Crippen molar-refractivity contribution in [2.75, 3.05) is 36.6 Å². The van der Waals surface area contributed by atoms with E-state index >= 15 is 0 Å². The highest BCUT2D eigenvalue weighted by Crippen LogP contribution is 2.48. The molecule has 4 N–H and O–H groups in total. The number of hydrogen-bond donors (Lipinski definition) is 3. The largest absolute Gasteiger partial charge is 0.494 e. The monoisotopic (exact) mass is 721 g/mol. The highest BCUT2D eigenvalue weighted by Gasteiger charge is 2.41. The summed E-state index contributed by atoms with van der Waals surface area (Å²) in [4.78, 5) is 18.5. The van der Waals surface area contributed by atoms with Gasteiger partial charge in [0, 0.05) is 31.7 Å². The first-order chi connectivity index (χ1) is 24.1. The van der Waals surface area contributed by atoms with Crippen molar-refractivity contribution in [1.29, 1.82) is 0 Å². The quantitative estimate of drug-likeness (QED) is 0.142. The number of aryl methyl sites for hydroxylation is 1. The summed E-state index contributed by atoms with van der Waals surface area (Å²) in [7, 11) is -0.262. The molecule has 0 aliphatic carbocycles. The molecule has 0 radical (unpaired) electrons. The smallest absolute Gasteiger partial charge is 0.416 e. The average Bonchev–Trinajstić information content (AvgIpc) is 3.20.